The van der Waals surface area contributed by atoms with E-state index in [1.807, 2.05) is 54.6 Å². The SMILES string of the molecule is COc1ccc(/C(=C(/C#N)c2ccccc2)c2ccc3c(c2)CCCC3)cc1. The Kier molecular flexibility index (Phi) is 5.26. The zero-order chi connectivity index (χ0) is 19.3. The summed E-state index contributed by atoms with van der Waals surface area (Å²) in [6.45, 7) is 0. The van der Waals surface area contributed by atoms with Crippen molar-refractivity contribution in [1.82, 2.24) is 0 Å². The molecule has 0 saturated heterocycles. The lowest BCUT2D eigenvalue weighted by molar-refractivity contribution is 0.415. The first kappa shape index (κ1) is 18.1. The molecular formula is C26H23NO. The maximum Gasteiger partial charge on any atom is 0.118 e. The van der Waals surface area contributed by atoms with E-state index in [1.165, 1.54) is 24.0 Å². The summed E-state index contributed by atoms with van der Waals surface area (Å²) in [5, 5.41) is 10.1. The highest BCUT2D eigenvalue weighted by Gasteiger charge is 2.17. The van der Waals surface area contributed by atoms with E-state index >= 15 is 0 Å². The number of nitrogens with zero attached hydrogens (tertiary/aromatic N) is 1. The number of aryl methyl sites for hydroxylation is 2. The number of hydrogen-bond acceptors (Lipinski definition) is 2. The fourth-order valence-electron chi connectivity index (χ4n) is 3.97. The standard InChI is InChI=1S/C26H23NO/c1-28-24-15-13-21(14-16-24)26(25(18-27)20-8-3-2-4-9-20)23-12-11-19-7-5-6-10-22(19)17-23/h2-4,8-9,11-17H,5-7,10H2,1H3/b26-25+. The summed E-state index contributed by atoms with van der Waals surface area (Å²) in [6, 6.07) is 27.1. The molecule has 3 aromatic carbocycles. The molecule has 0 spiro atoms. The van der Waals surface area contributed by atoms with Gasteiger partial charge in [0.1, 0.15) is 11.8 Å². The molecule has 0 bridgehead atoms. The predicted molar refractivity (Wildman–Crippen MR) is 114 cm³/mol. The zero-order valence-electron chi connectivity index (χ0n) is 16.1. The number of nitriles is 1. The number of hydrogen-bond donors (Lipinski definition) is 0. The topological polar surface area (TPSA) is 33.0 Å². The lowest BCUT2D eigenvalue weighted by atomic mass is 9.85. The molecule has 0 fully saturated rings. The zero-order valence-corrected chi connectivity index (χ0v) is 16.1. The second-order valence-electron chi connectivity index (χ2n) is 7.15. The number of allylic oxidation sites excluding steroid dienone is 1. The van der Waals surface area contributed by atoms with Crippen molar-refractivity contribution < 1.29 is 4.74 Å². The molecule has 0 radical (unpaired) electrons. The monoisotopic (exact) mass is 365 g/mol. The minimum absolute atomic E-state index is 0.696. The summed E-state index contributed by atoms with van der Waals surface area (Å²) in [6.07, 6.45) is 4.77. The van der Waals surface area contributed by atoms with Gasteiger partial charge in [-0.1, -0.05) is 60.7 Å². The van der Waals surface area contributed by atoms with Gasteiger partial charge in [-0.3, -0.25) is 0 Å². The molecule has 1 aliphatic rings. The van der Waals surface area contributed by atoms with E-state index in [0.29, 0.717) is 5.57 Å². The molecule has 3 aromatic rings. The summed E-state index contributed by atoms with van der Waals surface area (Å²) >= 11 is 0. The van der Waals surface area contributed by atoms with Gasteiger partial charge in [-0.05, 0) is 65.6 Å². The van der Waals surface area contributed by atoms with E-state index in [4.69, 9.17) is 4.74 Å². The summed E-state index contributed by atoms with van der Waals surface area (Å²) in [4.78, 5) is 0. The fourth-order valence-corrected chi connectivity index (χ4v) is 3.97. The van der Waals surface area contributed by atoms with Crippen LogP contribution in [0.2, 0.25) is 0 Å². The van der Waals surface area contributed by atoms with Crippen molar-refractivity contribution >= 4 is 11.1 Å². The van der Waals surface area contributed by atoms with Crippen molar-refractivity contribution in [2.75, 3.05) is 7.11 Å². The van der Waals surface area contributed by atoms with Crippen LogP contribution >= 0.6 is 0 Å². The number of fused-ring (bicyclic) bond motifs is 1. The summed E-state index contributed by atoms with van der Waals surface area (Å²) in [5.74, 6) is 0.812. The van der Waals surface area contributed by atoms with Gasteiger partial charge >= 0.3 is 0 Å². The largest absolute Gasteiger partial charge is 0.497 e. The molecule has 0 saturated carbocycles. The lowest BCUT2D eigenvalue weighted by Crippen LogP contribution is -2.04. The fraction of sp³-hybridized carbons (Fsp3) is 0.192. The number of benzene rings is 3. The Morgan fingerprint density at radius 1 is 0.786 bits per heavy atom. The first-order valence-electron chi connectivity index (χ1n) is 9.76. The maximum absolute atomic E-state index is 10.1. The van der Waals surface area contributed by atoms with E-state index in [1.54, 1.807) is 7.11 Å². The van der Waals surface area contributed by atoms with Gasteiger partial charge in [0.2, 0.25) is 0 Å². The van der Waals surface area contributed by atoms with Gasteiger partial charge < -0.3 is 4.74 Å². The smallest absolute Gasteiger partial charge is 0.118 e. The van der Waals surface area contributed by atoms with Crippen molar-refractivity contribution in [2.45, 2.75) is 25.7 Å². The average Bonchev–Trinajstić information content (AvgIpc) is 2.78. The lowest BCUT2D eigenvalue weighted by Gasteiger charge is -2.19. The molecule has 2 heteroatoms. The Balaban J connectivity index is 1.93. The van der Waals surface area contributed by atoms with Crippen LogP contribution in [-0.2, 0) is 12.8 Å². The normalized spacial score (nSPS) is 13.9. The summed E-state index contributed by atoms with van der Waals surface area (Å²) in [5.41, 5.74) is 7.60. The Hall–Kier alpha value is -3.31. The highest BCUT2D eigenvalue weighted by Crippen LogP contribution is 2.35. The molecule has 2 nitrogen and oxygen atoms in total. The number of methoxy groups -OCH3 is 1. The van der Waals surface area contributed by atoms with Crippen LogP contribution in [-0.4, -0.2) is 7.11 Å². The van der Waals surface area contributed by atoms with Gasteiger partial charge in [0.25, 0.3) is 0 Å². The van der Waals surface area contributed by atoms with Gasteiger partial charge in [0, 0.05) is 5.57 Å². The predicted octanol–water partition coefficient (Wildman–Crippen LogP) is 6.06. The van der Waals surface area contributed by atoms with Crippen LogP contribution in [0.3, 0.4) is 0 Å². The molecule has 0 heterocycles. The minimum atomic E-state index is 0.696. The molecule has 1 aliphatic carbocycles. The van der Waals surface area contributed by atoms with Crippen molar-refractivity contribution in [3.8, 4) is 11.8 Å². The average molecular weight is 365 g/mol. The minimum Gasteiger partial charge on any atom is -0.497 e. The molecule has 0 unspecified atom stereocenters. The van der Waals surface area contributed by atoms with Crippen LogP contribution in [0, 0.1) is 11.3 Å². The van der Waals surface area contributed by atoms with Gasteiger partial charge in [0.15, 0.2) is 0 Å². The van der Waals surface area contributed by atoms with Crippen LogP contribution < -0.4 is 4.74 Å². The van der Waals surface area contributed by atoms with Crippen molar-refractivity contribution in [1.29, 1.82) is 5.26 Å². The van der Waals surface area contributed by atoms with Crippen LogP contribution in [0.5, 0.6) is 5.75 Å². The molecule has 28 heavy (non-hydrogen) atoms. The van der Waals surface area contributed by atoms with Crippen LogP contribution in [0.25, 0.3) is 11.1 Å². The third-order valence-electron chi connectivity index (χ3n) is 5.44. The van der Waals surface area contributed by atoms with E-state index in [2.05, 4.69) is 24.3 Å². The van der Waals surface area contributed by atoms with E-state index in [-0.39, 0.29) is 0 Å². The Labute approximate surface area is 166 Å². The van der Waals surface area contributed by atoms with Crippen LogP contribution in [0.15, 0.2) is 72.8 Å². The summed E-state index contributed by atoms with van der Waals surface area (Å²) in [7, 11) is 1.67. The number of ether oxygens (including phenoxy) is 1. The Bertz CT molecular complexity index is 1040. The van der Waals surface area contributed by atoms with Gasteiger partial charge in [0.05, 0.1) is 12.7 Å². The van der Waals surface area contributed by atoms with Gasteiger partial charge in [-0.25, -0.2) is 0 Å². The molecular weight excluding hydrogens is 342 g/mol. The van der Waals surface area contributed by atoms with Crippen LogP contribution in [0.1, 0.15) is 40.7 Å². The molecule has 0 atom stereocenters. The second kappa shape index (κ2) is 8.15. The van der Waals surface area contributed by atoms with Gasteiger partial charge in [-0.2, -0.15) is 5.26 Å². The first-order chi connectivity index (χ1) is 13.8. The van der Waals surface area contributed by atoms with E-state index in [0.717, 1.165) is 40.9 Å². The van der Waals surface area contributed by atoms with Crippen molar-refractivity contribution in [2.24, 2.45) is 0 Å². The highest BCUT2D eigenvalue weighted by molar-refractivity contribution is 6.03. The first-order valence-corrected chi connectivity index (χ1v) is 9.76. The molecule has 0 N–H and O–H groups in total. The van der Waals surface area contributed by atoms with Crippen molar-refractivity contribution in [3.05, 3.63) is 101 Å². The van der Waals surface area contributed by atoms with Gasteiger partial charge in [-0.15, -0.1) is 0 Å². The number of rotatable bonds is 4. The third-order valence-corrected chi connectivity index (χ3v) is 5.44. The summed E-state index contributed by atoms with van der Waals surface area (Å²) < 4.78 is 5.32. The highest BCUT2D eigenvalue weighted by atomic mass is 16.5. The second-order valence-corrected chi connectivity index (χ2v) is 7.15. The third kappa shape index (κ3) is 3.57. The molecule has 0 aliphatic heterocycles. The van der Waals surface area contributed by atoms with Crippen molar-refractivity contribution in [3.63, 3.8) is 0 Å². The molecule has 4 rings (SSSR count). The molecule has 138 valence electrons. The quantitative estimate of drug-likeness (QED) is 0.416. The van der Waals surface area contributed by atoms with Crippen LogP contribution in [0.4, 0.5) is 0 Å². The maximum atomic E-state index is 10.1. The molecule has 0 aromatic heterocycles. The Morgan fingerprint density at radius 2 is 1.46 bits per heavy atom. The van der Waals surface area contributed by atoms with E-state index < -0.39 is 0 Å². The van der Waals surface area contributed by atoms with E-state index in [9.17, 15) is 5.26 Å². The molecule has 0 amide bonds. The Morgan fingerprint density at radius 3 is 2.14 bits per heavy atom.